The number of nitrogens with zero attached hydrogens (tertiary/aromatic N) is 3. The highest BCUT2D eigenvalue weighted by Gasteiger charge is 2.13. The molecular formula is C20H19ClN4O3. The lowest BCUT2D eigenvalue weighted by atomic mass is 10.2. The third-order valence-corrected chi connectivity index (χ3v) is 4.50. The molecule has 1 amide bonds. The Hall–Kier alpha value is -3.19. The maximum Gasteiger partial charge on any atom is 0.340 e. The summed E-state index contributed by atoms with van der Waals surface area (Å²) in [6.07, 6.45) is 1.40. The third-order valence-electron chi connectivity index (χ3n) is 4.09. The van der Waals surface area contributed by atoms with Gasteiger partial charge >= 0.3 is 5.97 Å². The number of rotatable bonds is 5. The van der Waals surface area contributed by atoms with Gasteiger partial charge in [0.25, 0.3) is 5.91 Å². The molecule has 0 spiro atoms. The Labute approximate surface area is 167 Å². The average Bonchev–Trinajstić information content (AvgIpc) is 3.02. The van der Waals surface area contributed by atoms with Crippen LogP contribution in [0, 0.1) is 20.8 Å². The smallest absolute Gasteiger partial charge is 0.340 e. The lowest BCUT2D eigenvalue weighted by Gasteiger charge is -2.10. The van der Waals surface area contributed by atoms with Gasteiger partial charge in [0.2, 0.25) is 0 Å². The standard InChI is InChI=1S/C20H19ClN4O3/c1-12-9-13(2)25(24-12)18-8-7-15(10-22-18)20(27)28-11-19(26)23-17-6-4-5-16(21)14(17)3/h4-10H,11H2,1-3H3,(H,23,26). The van der Waals surface area contributed by atoms with Gasteiger partial charge in [0.15, 0.2) is 12.4 Å². The molecule has 0 aliphatic carbocycles. The van der Waals surface area contributed by atoms with Gasteiger partial charge in [-0.1, -0.05) is 17.7 Å². The zero-order chi connectivity index (χ0) is 20.3. The van der Waals surface area contributed by atoms with Crippen LogP contribution in [0.4, 0.5) is 5.69 Å². The number of amides is 1. The van der Waals surface area contributed by atoms with E-state index in [2.05, 4.69) is 15.4 Å². The van der Waals surface area contributed by atoms with Crippen LogP contribution in [-0.4, -0.2) is 33.2 Å². The second-order valence-corrected chi connectivity index (χ2v) is 6.69. The topological polar surface area (TPSA) is 86.1 Å². The van der Waals surface area contributed by atoms with Crippen molar-refractivity contribution in [3.8, 4) is 5.82 Å². The molecular weight excluding hydrogens is 380 g/mol. The predicted molar refractivity (Wildman–Crippen MR) is 106 cm³/mol. The first-order chi connectivity index (χ1) is 13.3. The maximum absolute atomic E-state index is 12.2. The first-order valence-electron chi connectivity index (χ1n) is 8.57. The zero-order valence-electron chi connectivity index (χ0n) is 15.7. The van der Waals surface area contributed by atoms with Crippen LogP contribution in [0.5, 0.6) is 0 Å². The second-order valence-electron chi connectivity index (χ2n) is 6.28. The minimum atomic E-state index is -0.634. The van der Waals surface area contributed by atoms with Gasteiger partial charge in [0, 0.05) is 22.6 Å². The number of aromatic nitrogens is 3. The average molecular weight is 399 g/mol. The number of benzene rings is 1. The summed E-state index contributed by atoms with van der Waals surface area (Å²) in [7, 11) is 0. The molecule has 28 heavy (non-hydrogen) atoms. The number of anilines is 1. The van der Waals surface area contributed by atoms with Crippen LogP contribution in [0.25, 0.3) is 5.82 Å². The Balaban J connectivity index is 1.59. The molecule has 0 aliphatic rings. The molecule has 0 bridgehead atoms. The Morgan fingerprint density at radius 3 is 2.61 bits per heavy atom. The summed E-state index contributed by atoms with van der Waals surface area (Å²) >= 11 is 6.02. The lowest BCUT2D eigenvalue weighted by Crippen LogP contribution is -2.21. The molecule has 2 aromatic heterocycles. The van der Waals surface area contributed by atoms with E-state index in [0.717, 1.165) is 17.0 Å². The van der Waals surface area contributed by atoms with Crippen LogP contribution in [-0.2, 0) is 9.53 Å². The van der Waals surface area contributed by atoms with E-state index < -0.39 is 18.5 Å². The summed E-state index contributed by atoms with van der Waals surface area (Å²) in [6, 6.07) is 10.4. The number of carbonyl (C=O) groups excluding carboxylic acids is 2. The van der Waals surface area contributed by atoms with Crippen LogP contribution in [0.1, 0.15) is 27.3 Å². The fraction of sp³-hybridized carbons (Fsp3) is 0.200. The molecule has 0 radical (unpaired) electrons. The van der Waals surface area contributed by atoms with Crippen LogP contribution in [0.15, 0.2) is 42.6 Å². The summed E-state index contributed by atoms with van der Waals surface area (Å²) in [5, 5.41) is 7.56. The number of halogens is 1. The van der Waals surface area contributed by atoms with E-state index in [1.807, 2.05) is 19.9 Å². The van der Waals surface area contributed by atoms with Crippen molar-refractivity contribution in [3.05, 3.63) is 70.1 Å². The number of ether oxygens (including phenoxy) is 1. The summed E-state index contributed by atoms with van der Waals surface area (Å²) in [5.41, 5.74) is 3.38. The fourth-order valence-electron chi connectivity index (χ4n) is 2.64. The first-order valence-corrected chi connectivity index (χ1v) is 8.94. The highest BCUT2D eigenvalue weighted by atomic mass is 35.5. The number of carbonyl (C=O) groups is 2. The molecule has 3 rings (SSSR count). The SMILES string of the molecule is Cc1cc(C)n(-c2ccc(C(=O)OCC(=O)Nc3cccc(Cl)c3C)cn2)n1. The maximum atomic E-state index is 12.2. The molecule has 7 nitrogen and oxygen atoms in total. The van der Waals surface area contributed by atoms with Crippen molar-refractivity contribution in [2.75, 3.05) is 11.9 Å². The fourth-order valence-corrected chi connectivity index (χ4v) is 2.81. The molecule has 0 aliphatic heterocycles. The van der Waals surface area contributed by atoms with E-state index in [4.69, 9.17) is 16.3 Å². The van der Waals surface area contributed by atoms with Gasteiger partial charge in [-0.25, -0.2) is 14.5 Å². The highest BCUT2D eigenvalue weighted by Crippen LogP contribution is 2.22. The molecule has 1 N–H and O–H groups in total. The van der Waals surface area contributed by atoms with E-state index in [0.29, 0.717) is 16.5 Å². The molecule has 0 saturated carbocycles. The highest BCUT2D eigenvalue weighted by molar-refractivity contribution is 6.31. The Morgan fingerprint density at radius 1 is 1.18 bits per heavy atom. The van der Waals surface area contributed by atoms with E-state index in [1.165, 1.54) is 6.20 Å². The lowest BCUT2D eigenvalue weighted by molar-refractivity contribution is -0.119. The Bertz CT molecular complexity index is 1030. The van der Waals surface area contributed by atoms with E-state index in [9.17, 15) is 9.59 Å². The first kappa shape index (κ1) is 19.6. The largest absolute Gasteiger partial charge is 0.452 e. The third kappa shape index (κ3) is 4.37. The van der Waals surface area contributed by atoms with Crippen molar-refractivity contribution in [2.45, 2.75) is 20.8 Å². The second kappa shape index (κ2) is 8.22. The summed E-state index contributed by atoms with van der Waals surface area (Å²) in [4.78, 5) is 28.4. The summed E-state index contributed by atoms with van der Waals surface area (Å²) < 4.78 is 6.74. The van der Waals surface area contributed by atoms with Gasteiger partial charge in [0.1, 0.15) is 0 Å². The van der Waals surface area contributed by atoms with Gasteiger partial charge in [0.05, 0.1) is 11.3 Å². The van der Waals surface area contributed by atoms with Crippen molar-refractivity contribution >= 4 is 29.2 Å². The molecule has 1 aromatic carbocycles. The Kier molecular flexibility index (Phi) is 5.75. The van der Waals surface area contributed by atoms with Crippen molar-refractivity contribution in [2.24, 2.45) is 0 Å². The van der Waals surface area contributed by atoms with Crippen molar-refractivity contribution in [1.82, 2.24) is 14.8 Å². The number of nitrogens with one attached hydrogen (secondary N) is 1. The normalized spacial score (nSPS) is 10.6. The van der Waals surface area contributed by atoms with Gasteiger partial charge in [-0.15, -0.1) is 0 Å². The molecule has 0 atom stereocenters. The molecule has 8 heteroatoms. The number of esters is 1. The van der Waals surface area contributed by atoms with Crippen molar-refractivity contribution in [1.29, 1.82) is 0 Å². The number of hydrogen-bond acceptors (Lipinski definition) is 5. The predicted octanol–water partition coefficient (Wildman–Crippen LogP) is 3.64. The van der Waals surface area contributed by atoms with Gasteiger partial charge in [-0.2, -0.15) is 5.10 Å². The molecule has 0 unspecified atom stereocenters. The number of hydrogen-bond donors (Lipinski definition) is 1. The van der Waals surface area contributed by atoms with E-state index >= 15 is 0 Å². The van der Waals surface area contributed by atoms with Gasteiger partial charge in [-0.3, -0.25) is 4.79 Å². The zero-order valence-corrected chi connectivity index (χ0v) is 16.4. The number of pyridine rings is 1. The monoisotopic (exact) mass is 398 g/mol. The minimum Gasteiger partial charge on any atom is -0.452 e. The van der Waals surface area contributed by atoms with Crippen LogP contribution >= 0.6 is 11.6 Å². The molecule has 144 valence electrons. The van der Waals surface area contributed by atoms with Crippen molar-refractivity contribution in [3.63, 3.8) is 0 Å². The van der Waals surface area contributed by atoms with Crippen LogP contribution < -0.4 is 5.32 Å². The quantitative estimate of drug-likeness (QED) is 0.663. The van der Waals surface area contributed by atoms with Crippen LogP contribution in [0.2, 0.25) is 5.02 Å². The van der Waals surface area contributed by atoms with E-state index in [1.54, 1.807) is 41.9 Å². The molecule has 2 heterocycles. The van der Waals surface area contributed by atoms with Gasteiger partial charge in [-0.05, 0) is 56.7 Å². The van der Waals surface area contributed by atoms with E-state index in [-0.39, 0.29) is 5.56 Å². The van der Waals surface area contributed by atoms with Gasteiger partial charge < -0.3 is 10.1 Å². The number of aryl methyl sites for hydroxylation is 2. The van der Waals surface area contributed by atoms with Crippen LogP contribution in [0.3, 0.4) is 0 Å². The molecule has 3 aromatic rings. The molecule has 0 saturated heterocycles. The summed E-state index contributed by atoms with van der Waals surface area (Å²) in [6.45, 7) is 5.19. The molecule has 0 fully saturated rings. The summed E-state index contributed by atoms with van der Waals surface area (Å²) in [5.74, 6) is -0.493. The Morgan fingerprint density at radius 2 is 1.96 bits per heavy atom. The minimum absolute atomic E-state index is 0.247. The van der Waals surface area contributed by atoms with Crippen molar-refractivity contribution < 1.29 is 14.3 Å².